The molecule has 0 unspecified atom stereocenters. The molecular weight excluding hydrogens is 299 g/mol. The minimum atomic E-state index is -4.67. The summed E-state index contributed by atoms with van der Waals surface area (Å²) in [4.78, 5) is 22.6. The SMILES string of the molecule is CC(=O)Nc1ccc(NC(=O)NC(C)(C)C)c(C(F)(F)F)c1. The predicted molar refractivity (Wildman–Crippen MR) is 77.7 cm³/mol. The number of hydrogen-bond donors (Lipinski definition) is 3. The molecule has 0 aromatic heterocycles. The van der Waals surface area contributed by atoms with Crippen molar-refractivity contribution in [2.24, 2.45) is 0 Å². The van der Waals surface area contributed by atoms with Crippen LogP contribution in [-0.4, -0.2) is 17.5 Å². The van der Waals surface area contributed by atoms with E-state index in [1.54, 1.807) is 20.8 Å². The Balaban J connectivity index is 3.08. The third-order valence-electron chi connectivity index (χ3n) is 2.38. The number of urea groups is 1. The lowest BCUT2D eigenvalue weighted by Crippen LogP contribution is -2.43. The van der Waals surface area contributed by atoms with E-state index >= 15 is 0 Å². The molecule has 22 heavy (non-hydrogen) atoms. The van der Waals surface area contributed by atoms with Crippen LogP contribution in [0, 0.1) is 0 Å². The zero-order valence-electron chi connectivity index (χ0n) is 12.7. The highest BCUT2D eigenvalue weighted by Gasteiger charge is 2.34. The first-order chi connectivity index (χ1) is 9.88. The van der Waals surface area contributed by atoms with Crippen LogP contribution in [-0.2, 0) is 11.0 Å². The molecule has 0 aliphatic rings. The molecule has 0 heterocycles. The van der Waals surface area contributed by atoms with Gasteiger partial charge in [0.1, 0.15) is 0 Å². The third-order valence-corrected chi connectivity index (χ3v) is 2.38. The molecule has 0 fully saturated rings. The average Bonchev–Trinajstić information content (AvgIpc) is 2.26. The number of nitrogens with one attached hydrogen (secondary N) is 3. The molecule has 0 saturated carbocycles. The summed E-state index contributed by atoms with van der Waals surface area (Å²) in [6.07, 6.45) is -4.67. The molecule has 3 amide bonds. The van der Waals surface area contributed by atoms with Gasteiger partial charge in [0.2, 0.25) is 5.91 Å². The van der Waals surface area contributed by atoms with E-state index in [-0.39, 0.29) is 11.4 Å². The maximum absolute atomic E-state index is 13.1. The van der Waals surface area contributed by atoms with Crippen LogP contribution in [0.3, 0.4) is 0 Å². The van der Waals surface area contributed by atoms with Crippen LogP contribution in [0.1, 0.15) is 33.3 Å². The van der Waals surface area contributed by atoms with Gasteiger partial charge in [0.15, 0.2) is 0 Å². The predicted octanol–water partition coefficient (Wildman–Crippen LogP) is 3.58. The number of alkyl halides is 3. The lowest BCUT2D eigenvalue weighted by molar-refractivity contribution is -0.137. The standard InChI is InChI=1S/C14H18F3N3O2/c1-8(21)18-9-5-6-11(10(7-9)14(15,16)17)19-12(22)20-13(2,3)4/h5-7H,1-4H3,(H,18,21)(H2,19,20,22). The molecule has 3 N–H and O–H groups in total. The number of benzene rings is 1. The molecule has 0 aliphatic heterocycles. The smallest absolute Gasteiger partial charge is 0.333 e. The molecule has 122 valence electrons. The maximum Gasteiger partial charge on any atom is 0.418 e. The molecule has 0 bridgehead atoms. The summed E-state index contributed by atoms with van der Waals surface area (Å²) in [5, 5.41) is 6.95. The maximum atomic E-state index is 13.1. The van der Waals surface area contributed by atoms with Crippen molar-refractivity contribution in [3.05, 3.63) is 23.8 Å². The number of anilines is 2. The van der Waals surface area contributed by atoms with Crippen LogP contribution in [0.2, 0.25) is 0 Å². The van der Waals surface area contributed by atoms with Crippen molar-refractivity contribution in [3.63, 3.8) is 0 Å². The largest absolute Gasteiger partial charge is 0.418 e. The summed E-state index contributed by atoms with van der Waals surface area (Å²) in [6, 6.07) is 2.40. The molecule has 0 saturated heterocycles. The van der Waals surface area contributed by atoms with Gasteiger partial charge in [-0.2, -0.15) is 13.2 Å². The van der Waals surface area contributed by atoms with Crippen LogP contribution in [0.5, 0.6) is 0 Å². The molecule has 0 aliphatic carbocycles. The van der Waals surface area contributed by atoms with Gasteiger partial charge in [0, 0.05) is 18.2 Å². The van der Waals surface area contributed by atoms with Crippen molar-refractivity contribution < 1.29 is 22.8 Å². The number of amides is 3. The lowest BCUT2D eigenvalue weighted by Gasteiger charge is -2.22. The van der Waals surface area contributed by atoms with E-state index in [2.05, 4.69) is 16.0 Å². The molecule has 8 heteroatoms. The van der Waals surface area contributed by atoms with Crippen molar-refractivity contribution in [1.29, 1.82) is 0 Å². The van der Waals surface area contributed by atoms with E-state index in [4.69, 9.17) is 0 Å². The van der Waals surface area contributed by atoms with Gasteiger partial charge in [-0.1, -0.05) is 0 Å². The molecule has 1 rings (SSSR count). The van der Waals surface area contributed by atoms with Gasteiger partial charge >= 0.3 is 12.2 Å². The molecule has 5 nitrogen and oxygen atoms in total. The Hall–Kier alpha value is -2.25. The van der Waals surface area contributed by atoms with Crippen molar-refractivity contribution in [1.82, 2.24) is 5.32 Å². The third kappa shape index (κ3) is 5.63. The number of carbonyl (C=O) groups is 2. The Morgan fingerprint density at radius 3 is 2.09 bits per heavy atom. The molecule has 0 spiro atoms. The van der Waals surface area contributed by atoms with E-state index < -0.39 is 29.2 Å². The van der Waals surface area contributed by atoms with Crippen LogP contribution in [0.25, 0.3) is 0 Å². The van der Waals surface area contributed by atoms with E-state index in [9.17, 15) is 22.8 Å². The highest BCUT2D eigenvalue weighted by atomic mass is 19.4. The second-order valence-electron chi connectivity index (χ2n) is 5.77. The Kier molecular flexibility index (Phi) is 5.05. The quantitative estimate of drug-likeness (QED) is 0.780. The summed E-state index contributed by atoms with van der Waals surface area (Å²) in [6.45, 7) is 6.31. The van der Waals surface area contributed by atoms with Crippen LogP contribution in [0.4, 0.5) is 29.3 Å². The molecule has 0 radical (unpaired) electrons. The second-order valence-corrected chi connectivity index (χ2v) is 5.77. The van der Waals surface area contributed by atoms with Gasteiger partial charge in [-0.15, -0.1) is 0 Å². The molecule has 1 aromatic rings. The number of rotatable bonds is 2. The van der Waals surface area contributed by atoms with Gasteiger partial charge in [-0.3, -0.25) is 4.79 Å². The van der Waals surface area contributed by atoms with Gasteiger partial charge < -0.3 is 16.0 Å². The van der Waals surface area contributed by atoms with Crippen molar-refractivity contribution in [3.8, 4) is 0 Å². The van der Waals surface area contributed by atoms with E-state index in [0.29, 0.717) is 0 Å². The lowest BCUT2D eigenvalue weighted by atomic mass is 10.1. The topological polar surface area (TPSA) is 70.2 Å². The first-order valence-corrected chi connectivity index (χ1v) is 6.46. The summed E-state index contributed by atoms with van der Waals surface area (Å²) in [5.41, 5.74) is -2.01. The fraction of sp³-hybridized carbons (Fsp3) is 0.429. The Bertz CT molecular complexity index is 578. The van der Waals surface area contributed by atoms with E-state index in [0.717, 1.165) is 12.1 Å². The second kappa shape index (κ2) is 6.25. The summed E-state index contributed by atoms with van der Waals surface area (Å²) in [7, 11) is 0. The van der Waals surface area contributed by atoms with Crippen molar-refractivity contribution in [2.45, 2.75) is 39.4 Å². The summed E-state index contributed by atoms with van der Waals surface area (Å²) >= 11 is 0. The number of halogens is 3. The average molecular weight is 317 g/mol. The normalized spacial score (nSPS) is 11.8. The van der Waals surface area contributed by atoms with Gasteiger partial charge in [0.05, 0.1) is 11.3 Å². The minimum Gasteiger partial charge on any atom is -0.333 e. The Labute approximate surface area is 126 Å². The van der Waals surface area contributed by atoms with Crippen molar-refractivity contribution >= 4 is 23.3 Å². The van der Waals surface area contributed by atoms with Crippen LogP contribution >= 0.6 is 0 Å². The minimum absolute atomic E-state index is 0.00149. The number of hydrogen-bond acceptors (Lipinski definition) is 2. The fourth-order valence-electron chi connectivity index (χ4n) is 1.66. The Morgan fingerprint density at radius 2 is 1.64 bits per heavy atom. The molecular formula is C14H18F3N3O2. The molecule has 0 atom stereocenters. The monoisotopic (exact) mass is 317 g/mol. The van der Waals surface area contributed by atoms with Crippen molar-refractivity contribution in [2.75, 3.05) is 10.6 Å². The summed E-state index contributed by atoms with van der Waals surface area (Å²) < 4.78 is 39.2. The van der Waals surface area contributed by atoms with E-state index in [1.807, 2.05) is 0 Å². The van der Waals surface area contributed by atoms with Crippen LogP contribution < -0.4 is 16.0 Å². The highest BCUT2D eigenvalue weighted by molar-refractivity contribution is 5.92. The summed E-state index contributed by atoms with van der Waals surface area (Å²) in [5.74, 6) is -0.487. The highest BCUT2D eigenvalue weighted by Crippen LogP contribution is 2.36. The zero-order valence-corrected chi connectivity index (χ0v) is 12.7. The van der Waals surface area contributed by atoms with Crippen LogP contribution in [0.15, 0.2) is 18.2 Å². The zero-order chi connectivity index (χ0) is 17.1. The van der Waals surface area contributed by atoms with E-state index in [1.165, 1.54) is 13.0 Å². The van der Waals surface area contributed by atoms with Gasteiger partial charge in [-0.25, -0.2) is 4.79 Å². The Morgan fingerprint density at radius 1 is 1.05 bits per heavy atom. The number of carbonyl (C=O) groups excluding carboxylic acids is 2. The van der Waals surface area contributed by atoms with Gasteiger partial charge in [-0.05, 0) is 39.0 Å². The first kappa shape index (κ1) is 17.8. The fourth-order valence-corrected chi connectivity index (χ4v) is 1.66. The first-order valence-electron chi connectivity index (χ1n) is 6.46. The molecule has 1 aromatic carbocycles. The van der Waals surface area contributed by atoms with Gasteiger partial charge in [0.25, 0.3) is 0 Å².